The molecular weight excluding hydrogens is 160 g/mol. The zero-order chi connectivity index (χ0) is 8.10. The van der Waals surface area contributed by atoms with Gasteiger partial charge in [-0.05, 0) is 13.8 Å². The Morgan fingerprint density at radius 2 is 2.45 bits per heavy atom. The van der Waals surface area contributed by atoms with E-state index in [9.17, 15) is 0 Å². The van der Waals surface area contributed by atoms with E-state index < -0.39 is 0 Å². The number of ether oxygens (including phenoxy) is 1. The van der Waals surface area contributed by atoms with Crippen molar-refractivity contribution in [2.24, 2.45) is 0 Å². The van der Waals surface area contributed by atoms with Gasteiger partial charge in [-0.3, -0.25) is 0 Å². The Labute approximate surface area is 69.6 Å². The Balaban J connectivity index is 2.43. The number of nitrogens with zero attached hydrogens (tertiary/aromatic N) is 2. The van der Waals surface area contributed by atoms with Crippen LogP contribution in [0.4, 0.5) is 0 Å². The minimum absolute atomic E-state index is 0.394. The van der Waals surface area contributed by atoms with Gasteiger partial charge in [-0.25, -0.2) is 0 Å². The van der Waals surface area contributed by atoms with Crippen LogP contribution >= 0.6 is 11.5 Å². The van der Waals surface area contributed by atoms with Crippen LogP contribution in [0.5, 0.6) is 5.19 Å². The highest BCUT2D eigenvalue weighted by atomic mass is 32.1. The van der Waals surface area contributed by atoms with E-state index in [-0.39, 0.29) is 0 Å². The predicted octanol–water partition coefficient (Wildman–Crippen LogP) is 1.25. The summed E-state index contributed by atoms with van der Waals surface area (Å²) in [5, 5.41) is 0.588. The van der Waals surface area contributed by atoms with E-state index in [4.69, 9.17) is 4.74 Å². The quantitative estimate of drug-likeness (QED) is 0.623. The third-order valence-electron chi connectivity index (χ3n) is 0.954. The standard InChI is InChI=1S/C7H8N2OS/c1-3-4-5-10-7-8-6(2)9-11-7/h5H2,1-2H3. The number of rotatable bonds is 2. The monoisotopic (exact) mass is 168 g/mol. The van der Waals surface area contributed by atoms with Gasteiger partial charge in [0.1, 0.15) is 5.82 Å². The molecule has 0 aliphatic heterocycles. The molecular formula is C7H8N2OS. The van der Waals surface area contributed by atoms with Crippen LogP contribution in [0.15, 0.2) is 0 Å². The summed E-state index contributed by atoms with van der Waals surface area (Å²) in [4.78, 5) is 4.00. The van der Waals surface area contributed by atoms with Crippen LogP contribution in [0.3, 0.4) is 0 Å². The molecule has 4 heteroatoms. The lowest BCUT2D eigenvalue weighted by molar-refractivity contribution is 0.367. The van der Waals surface area contributed by atoms with Crippen LogP contribution in [-0.4, -0.2) is 16.0 Å². The van der Waals surface area contributed by atoms with Crippen molar-refractivity contribution in [3.63, 3.8) is 0 Å². The Morgan fingerprint density at radius 3 is 3.00 bits per heavy atom. The van der Waals surface area contributed by atoms with E-state index in [1.165, 1.54) is 11.5 Å². The molecule has 3 nitrogen and oxygen atoms in total. The average Bonchev–Trinajstić information content (AvgIpc) is 2.37. The first-order chi connectivity index (χ1) is 5.33. The second-order valence-electron chi connectivity index (χ2n) is 1.82. The highest BCUT2D eigenvalue weighted by Crippen LogP contribution is 2.12. The molecule has 0 aliphatic rings. The molecule has 0 unspecified atom stereocenters. The maximum atomic E-state index is 5.14. The van der Waals surface area contributed by atoms with E-state index in [0.717, 1.165) is 5.82 Å². The van der Waals surface area contributed by atoms with Crippen molar-refractivity contribution in [3.8, 4) is 17.0 Å². The first-order valence-corrected chi connectivity index (χ1v) is 3.93. The largest absolute Gasteiger partial charge is 0.456 e. The second-order valence-corrected chi connectivity index (χ2v) is 2.54. The van der Waals surface area contributed by atoms with Crippen LogP contribution in [-0.2, 0) is 0 Å². The van der Waals surface area contributed by atoms with E-state index in [2.05, 4.69) is 21.2 Å². The molecule has 0 radical (unpaired) electrons. The van der Waals surface area contributed by atoms with Crippen LogP contribution in [0.1, 0.15) is 12.7 Å². The van der Waals surface area contributed by atoms with Crippen molar-refractivity contribution in [1.29, 1.82) is 0 Å². The Bertz CT molecular complexity index is 284. The topological polar surface area (TPSA) is 35.0 Å². The maximum absolute atomic E-state index is 5.14. The Morgan fingerprint density at radius 1 is 1.64 bits per heavy atom. The van der Waals surface area contributed by atoms with E-state index in [1.54, 1.807) is 6.92 Å². The van der Waals surface area contributed by atoms with Crippen LogP contribution < -0.4 is 4.74 Å². The van der Waals surface area contributed by atoms with Gasteiger partial charge in [-0.1, -0.05) is 5.92 Å². The fraction of sp³-hybridized carbons (Fsp3) is 0.429. The minimum atomic E-state index is 0.394. The summed E-state index contributed by atoms with van der Waals surface area (Å²) >= 11 is 1.25. The van der Waals surface area contributed by atoms with E-state index >= 15 is 0 Å². The fourth-order valence-corrected chi connectivity index (χ4v) is 1.04. The molecule has 0 aliphatic carbocycles. The molecule has 1 aromatic rings. The van der Waals surface area contributed by atoms with Gasteiger partial charge >= 0.3 is 0 Å². The van der Waals surface area contributed by atoms with Gasteiger partial charge in [-0.15, -0.1) is 5.92 Å². The first-order valence-electron chi connectivity index (χ1n) is 3.15. The van der Waals surface area contributed by atoms with Crippen molar-refractivity contribution in [1.82, 2.24) is 9.36 Å². The van der Waals surface area contributed by atoms with E-state index in [0.29, 0.717) is 11.8 Å². The van der Waals surface area contributed by atoms with Crippen molar-refractivity contribution < 1.29 is 4.74 Å². The van der Waals surface area contributed by atoms with Gasteiger partial charge in [0.2, 0.25) is 0 Å². The van der Waals surface area contributed by atoms with Crippen LogP contribution in [0.25, 0.3) is 0 Å². The SMILES string of the molecule is CC#CCOc1nc(C)ns1. The lowest BCUT2D eigenvalue weighted by Gasteiger charge is -1.91. The molecule has 0 saturated heterocycles. The van der Waals surface area contributed by atoms with Gasteiger partial charge in [0.25, 0.3) is 5.19 Å². The minimum Gasteiger partial charge on any atom is -0.456 e. The molecule has 0 amide bonds. The summed E-state index contributed by atoms with van der Waals surface area (Å²) in [5.41, 5.74) is 0. The normalized spacial score (nSPS) is 8.55. The van der Waals surface area contributed by atoms with Gasteiger partial charge in [0.05, 0.1) is 0 Å². The number of hydrogen-bond acceptors (Lipinski definition) is 4. The molecule has 0 N–H and O–H groups in total. The fourth-order valence-electron chi connectivity index (χ4n) is 0.507. The Hall–Kier alpha value is -1.08. The summed E-state index contributed by atoms with van der Waals surface area (Å²) in [6.07, 6.45) is 0. The zero-order valence-electron chi connectivity index (χ0n) is 6.42. The molecule has 0 bridgehead atoms. The highest BCUT2D eigenvalue weighted by molar-refractivity contribution is 7.07. The smallest absolute Gasteiger partial charge is 0.294 e. The molecule has 0 fully saturated rings. The van der Waals surface area contributed by atoms with Crippen molar-refractivity contribution >= 4 is 11.5 Å². The second kappa shape index (κ2) is 3.94. The number of hydrogen-bond donors (Lipinski definition) is 0. The maximum Gasteiger partial charge on any atom is 0.294 e. The van der Waals surface area contributed by atoms with Gasteiger partial charge < -0.3 is 4.74 Å². The lowest BCUT2D eigenvalue weighted by Crippen LogP contribution is -1.92. The molecule has 0 aromatic carbocycles. The van der Waals surface area contributed by atoms with E-state index in [1.807, 2.05) is 6.92 Å². The Kier molecular flexibility index (Phi) is 2.87. The van der Waals surface area contributed by atoms with Gasteiger partial charge in [0.15, 0.2) is 6.61 Å². The lowest BCUT2D eigenvalue weighted by atomic mass is 10.6. The number of aryl methyl sites for hydroxylation is 1. The summed E-state index contributed by atoms with van der Waals surface area (Å²) in [5.74, 6) is 6.24. The van der Waals surface area contributed by atoms with Crippen molar-refractivity contribution in [2.75, 3.05) is 6.61 Å². The molecule has 0 atom stereocenters. The summed E-state index contributed by atoms with van der Waals surface area (Å²) in [6.45, 7) is 3.99. The van der Waals surface area contributed by atoms with Gasteiger partial charge in [0, 0.05) is 11.5 Å². The zero-order valence-corrected chi connectivity index (χ0v) is 7.23. The first kappa shape index (κ1) is 8.02. The molecule has 0 spiro atoms. The molecule has 1 aromatic heterocycles. The summed E-state index contributed by atoms with van der Waals surface area (Å²) in [7, 11) is 0. The van der Waals surface area contributed by atoms with Crippen LogP contribution in [0, 0.1) is 18.8 Å². The van der Waals surface area contributed by atoms with Crippen molar-refractivity contribution in [2.45, 2.75) is 13.8 Å². The highest BCUT2D eigenvalue weighted by Gasteiger charge is 1.97. The molecule has 58 valence electrons. The third kappa shape index (κ3) is 2.56. The third-order valence-corrected chi connectivity index (χ3v) is 1.67. The van der Waals surface area contributed by atoms with Gasteiger partial charge in [-0.2, -0.15) is 9.36 Å². The van der Waals surface area contributed by atoms with Crippen LogP contribution in [0.2, 0.25) is 0 Å². The van der Waals surface area contributed by atoms with Crippen molar-refractivity contribution in [3.05, 3.63) is 5.82 Å². The average molecular weight is 168 g/mol. The molecule has 1 heterocycles. The molecule has 0 saturated carbocycles. The molecule has 1 rings (SSSR count). The predicted molar refractivity (Wildman–Crippen MR) is 43.6 cm³/mol. The number of aromatic nitrogens is 2. The summed E-state index contributed by atoms with van der Waals surface area (Å²) in [6, 6.07) is 0. The summed E-state index contributed by atoms with van der Waals surface area (Å²) < 4.78 is 9.09. The molecule has 11 heavy (non-hydrogen) atoms.